The average molecular weight is 451 g/mol. The molecule has 7 nitrogen and oxygen atoms in total. The van der Waals surface area contributed by atoms with E-state index < -0.39 is 6.04 Å². The van der Waals surface area contributed by atoms with Gasteiger partial charge >= 0.3 is 0 Å². The summed E-state index contributed by atoms with van der Waals surface area (Å²) in [4.78, 5) is 17.6. The molecule has 0 aliphatic heterocycles. The Bertz CT molecular complexity index is 1270. The summed E-state index contributed by atoms with van der Waals surface area (Å²) in [5.74, 6) is 0.440. The van der Waals surface area contributed by atoms with E-state index in [0.29, 0.717) is 17.9 Å². The van der Waals surface area contributed by atoms with Crippen molar-refractivity contribution in [2.24, 2.45) is 0 Å². The Hall–Kier alpha value is -4.28. The Labute approximate surface area is 199 Å². The number of aromatic nitrogens is 3. The van der Waals surface area contributed by atoms with Crippen LogP contribution in [0.1, 0.15) is 41.3 Å². The van der Waals surface area contributed by atoms with Gasteiger partial charge in [0.2, 0.25) is 5.91 Å². The van der Waals surface area contributed by atoms with Gasteiger partial charge in [0.15, 0.2) is 0 Å². The van der Waals surface area contributed by atoms with Gasteiger partial charge in [-0.05, 0) is 54.3 Å². The van der Waals surface area contributed by atoms with Gasteiger partial charge in [-0.25, -0.2) is 9.67 Å². The fourth-order valence-electron chi connectivity index (χ4n) is 3.66. The van der Waals surface area contributed by atoms with Crippen molar-refractivity contribution in [1.29, 1.82) is 5.26 Å². The predicted molar refractivity (Wildman–Crippen MR) is 131 cm³/mol. The molecule has 2 aromatic carbocycles. The number of rotatable bonds is 8. The molecule has 0 aliphatic carbocycles. The second-order valence-corrected chi connectivity index (χ2v) is 8.18. The largest absolute Gasteiger partial charge is 0.309 e. The third-order valence-corrected chi connectivity index (χ3v) is 5.62. The number of hydrogen-bond donors (Lipinski definition) is 2. The van der Waals surface area contributed by atoms with Crippen LogP contribution in [-0.2, 0) is 4.79 Å². The van der Waals surface area contributed by atoms with Crippen LogP contribution in [-0.4, -0.2) is 27.2 Å². The van der Waals surface area contributed by atoms with Crippen LogP contribution in [0.3, 0.4) is 0 Å². The van der Waals surface area contributed by atoms with E-state index in [1.807, 2.05) is 79.9 Å². The van der Waals surface area contributed by atoms with Gasteiger partial charge in [-0.2, -0.15) is 10.4 Å². The summed E-state index contributed by atoms with van der Waals surface area (Å²) >= 11 is 0. The normalized spacial score (nSPS) is 12.5. The lowest BCUT2D eigenvalue weighted by Gasteiger charge is -2.21. The quantitative estimate of drug-likeness (QED) is 0.411. The Kier molecular flexibility index (Phi) is 7.11. The van der Waals surface area contributed by atoms with Crippen molar-refractivity contribution >= 4 is 11.7 Å². The average Bonchev–Trinajstić information content (AvgIpc) is 3.31. The van der Waals surface area contributed by atoms with Crippen molar-refractivity contribution in [1.82, 2.24) is 20.1 Å². The third-order valence-electron chi connectivity index (χ3n) is 5.62. The van der Waals surface area contributed by atoms with Crippen LogP contribution in [0.25, 0.3) is 5.69 Å². The molecule has 4 aromatic rings. The summed E-state index contributed by atoms with van der Waals surface area (Å²) in [6, 6.07) is 24.3. The highest BCUT2D eigenvalue weighted by Crippen LogP contribution is 2.20. The Morgan fingerprint density at radius 3 is 2.41 bits per heavy atom. The molecule has 0 fully saturated rings. The lowest BCUT2D eigenvalue weighted by molar-refractivity contribution is -0.118. The molecule has 0 bridgehead atoms. The van der Waals surface area contributed by atoms with E-state index in [9.17, 15) is 4.79 Å². The van der Waals surface area contributed by atoms with Crippen LogP contribution in [0.2, 0.25) is 0 Å². The molecule has 2 heterocycles. The van der Waals surface area contributed by atoms with Gasteiger partial charge in [0.25, 0.3) is 0 Å². The summed E-state index contributed by atoms with van der Waals surface area (Å²) in [6.07, 6.45) is 3.55. The van der Waals surface area contributed by atoms with Crippen molar-refractivity contribution in [3.05, 3.63) is 108 Å². The van der Waals surface area contributed by atoms with Crippen molar-refractivity contribution in [3.63, 3.8) is 0 Å². The summed E-state index contributed by atoms with van der Waals surface area (Å²) in [5.41, 5.74) is 4.34. The lowest BCUT2D eigenvalue weighted by Crippen LogP contribution is -2.35. The van der Waals surface area contributed by atoms with Crippen molar-refractivity contribution in [2.75, 3.05) is 11.9 Å². The first-order valence-corrected chi connectivity index (χ1v) is 11.1. The molecule has 2 aromatic heterocycles. The third kappa shape index (κ3) is 5.55. The molecule has 0 saturated heterocycles. The van der Waals surface area contributed by atoms with Crippen molar-refractivity contribution in [2.45, 2.75) is 25.8 Å². The minimum absolute atomic E-state index is 0.154. The number of amides is 1. The van der Waals surface area contributed by atoms with E-state index in [0.717, 1.165) is 22.5 Å². The van der Waals surface area contributed by atoms with Gasteiger partial charge in [0.1, 0.15) is 11.9 Å². The summed E-state index contributed by atoms with van der Waals surface area (Å²) in [5, 5.41) is 19.7. The van der Waals surface area contributed by atoms with Crippen LogP contribution in [0.15, 0.2) is 85.2 Å². The number of carbonyl (C=O) groups is 1. The van der Waals surface area contributed by atoms with Crippen LogP contribution in [0.4, 0.5) is 5.82 Å². The lowest BCUT2D eigenvalue weighted by atomic mass is 9.98. The number of pyridine rings is 1. The zero-order chi connectivity index (χ0) is 23.9. The standard InChI is InChI=1S/C27H26N6O/c1-19(22-10-8-21(16-28)9-11-22)17-30-26(23-6-4-3-5-7-23)27(34)31-25-13-12-24(18-29-25)33-15-14-20(2)32-33/h3-15,18-19,26,30H,17H2,1-2H3,(H,29,31,34)/t19-,26?/m0/s1. The Morgan fingerprint density at radius 1 is 1.03 bits per heavy atom. The maximum Gasteiger partial charge on any atom is 0.247 e. The molecular weight excluding hydrogens is 424 g/mol. The molecule has 34 heavy (non-hydrogen) atoms. The fourth-order valence-corrected chi connectivity index (χ4v) is 3.66. The van der Waals surface area contributed by atoms with Crippen LogP contribution in [0.5, 0.6) is 0 Å². The first-order chi connectivity index (χ1) is 16.5. The first kappa shape index (κ1) is 22.9. The molecule has 0 saturated carbocycles. The molecule has 1 unspecified atom stereocenters. The van der Waals surface area contributed by atoms with Crippen LogP contribution in [0, 0.1) is 18.3 Å². The van der Waals surface area contributed by atoms with Gasteiger partial charge < -0.3 is 10.6 Å². The second kappa shape index (κ2) is 10.6. The molecule has 0 spiro atoms. The monoisotopic (exact) mass is 450 g/mol. The summed E-state index contributed by atoms with van der Waals surface area (Å²) in [6.45, 7) is 4.60. The molecule has 1 amide bonds. The van der Waals surface area contributed by atoms with Gasteiger partial charge in [-0.1, -0.05) is 49.4 Å². The maximum atomic E-state index is 13.2. The van der Waals surface area contributed by atoms with E-state index in [-0.39, 0.29) is 11.8 Å². The van der Waals surface area contributed by atoms with E-state index in [1.165, 1.54) is 0 Å². The number of benzene rings is 2. The zero-order valence-corrected chi connectivity index (χ0v) is 19.1. The minimum atomic E-state index is -0.544. The highest BCUT2D eigenvalue weighted by atomic mass is 16.2. The smallest absolute Gasteiger partial charge is 0.247 e. The number of anilines is 1. The molecule has 0 aliphatic rings. The molecule has 2 N–H and O–H groups in total. The number of carbonyl (C=O) groups excluding carboxylic acids is 1. The SMILES string of the molecule is Cc1ccn(-c2ccc(NC(=O)C(NC[C@H](C)c3ccc(C#N)cc3)c3ccccc3)nc2)n1. The number of nitrogens with zero attached hydrogens (tertiary/aromatic N) is 4. The highest BCUT2D eigenvalue weighted by Gasteiger charge is 2.21. The van der Waals surface area contributed by atoms with E-state index in [4.69, 9.17) is 5.26 Å². The zero-order valence-electron chi connectivity index (χ0n) is 19.1. The molecule has 2 atom stereocenters. The summed E-state index contributed by atoms with van der Waals surface area (Å²) in [7, 11) is 0. The van der Waals surface area contributed by atoms with Gasteiger partial charge in [-0.3, -0.25) is 4.79 Å². The highest BCUT2D eigenvalue weighted by molar-refractivity contribution is 5.94. The summed E-state index contributed by atoms with van der Waals surface area (Å²) < 4.78 is 1.74. The molecular formula is C27H26N6O. The van der Waals surface area contributed by atoms with Crippen LogP contribution < -0.4 is 10.6 Å². The van der Waals surface area contributed by atoms with Crippen LogP contribution >= 0.6 is 0 Å². The van der Waals surface area contributed by atoms with E-state index in [1.54, 1.807) is 16.9 Å². The fraction of sp³-hybridized carbons (Fsp3) is 0.185. The number of nitriles is 1. The van der Waals surface area contributed by atoms with Gasteiger partial charge in [0.05, 0.1) is 29.2 Å². The molecule has 4 rings (SSSR count). The number of nitrogens with one attached hydrogen (secondary N) is 2. The van der Waals surface area contributed by atoms with Gasteiger partial charge in [0, 0.05) is 12.7 Å². The van der Waals surface area contributed by atoms with Crippen molar-refractivity contribution < 1.29 is 4.79 Å². The number of aryl methyl sites for hydroxylation is 1. The topological polar surface area (TPSA) is 95.6 Å². The predicted octanol–water partition coefficient (Wildman–Crippen LogP) is 4.52. The Morgan fingerprint density at radius 2 is 1.79 bits per heavy atom. The van der Waals surface area contributed by atoms with E-state index in [2.05, 4.69) is 33.7 Å². The second-order valence-electron chi connectivity index (χ2n) is 8.18. The van der Waals surface area contributed by atoms with Crippen molar-refractivity contribution in [3.8, 4) is 11.8 Å². The molecule has 0 radical (unpaired) electrons. The molecule has 7 heteroatoms. The maximum absolute atomic E-state index is 13.2. The minimum Gasteiger partial charge on any atom is -0.309 e. The first-order valence-electron chi connectivity index (χ1n) is 11.1. The van der Waals surface area contributed by atoms with Gasteiger partial charge in [-0.15, -0.1) is 0 Å². The van der Waals surface area contributed by atoms with E-state index >= 15 is 0 Å². The number of hydrogen-bond acceptors (Lipinski definition) is 5. The molecule has 170 valence electrons. The Balaban J connectivity index is 1.46.